The Hall–Kier alpha value is -2.59. The third-order valence-corrected chi connectivity index (χ3v) is 6.34. The summed E-state index contributed by atoms with van der Waals surface area (Å²) in [6.07, 6.45) is -4.99. The highest BCUT2D eigenvalue weighted by molar-refractivity contribution is 7.88. The number of alkyl halides is 3. The van der Waals surface area contributed by atoms with Crippen molar-refractivity contribution in [2.75, 3.05) is 19.3 Å². The lowest BCUT2D eigenvalue weighted by molar-refractivity contribution is -0.196. The molecule has 0 bridgehead atoms. The van der Waals surface area contributed by atoms with Crippen LogP contribution in [0.25, 0.3) is 11.1 Å². The van der Waals surface area contributed by atoms with Crippen molar-refractivity contribution < 1.29 is 31.1 Å². The highest BCUT2D eigenvalue weighted by Gasteiger charge is 2.44. The molecule has 1 amide bonds. The van der Waals surface area contributed by atoms with Crippen LogP contribution in [0.2, 0.25) is 0 Å². The Morgan fingerprint density at radius 1 is 1.12 bits per heavy atom. The summed E-state index contributed by atoms with van der Waals surface area (Å²) in [7, 11) is -3.48. The topological polar surface area (TPSA) is 75.7 Å². The van der Waals surface area contributed by atoms with Gasteiger partial charge in [0.15, 0.2) is 0 Å². The van der Waals surface area contributed by atoms with Crippen LogP contribution in [-0.4, -0.2) is 51.0 Å². The molecule has 0 aliphatic carbocycles. The maximum absolute atomic E-state index is 13.7. The number of amides is 1. The molecule has 1 heterocycles. The van der Waals surface area contributed by atoms with Gasteiger partial charge in [0.1, 0.15) is 6.10 Å². The third kappa shape index (κ3) is 6.94. The molecule has 3 rings (SSSR count). The molecule has 1 N–H and O–H groups in total. The maximum Gasteiger partial charge on any atom is 0.410 e. The Kier molecular flexibility index (Phi) is 7.69. The summed E-state index contributed by atoms with van der Waals surface area (Å²) in [5.41, 5.74) is 1.77. The molecule has 1 aliphatic heterocycles. The molecule has 33 heavy (non-hydrogen) atoms. The maximum atomic E-state index is 13.7. The number of ether oxygens (including phenoxy) is 1. The minimum atomic E-state index is -4.59. The predicted molar refractivity (Wildman–Crippen MR) is 119 cm³/mol. The first-order valence-corrected chi connectivity index (χ1v) is 12.5. The van der Waals surface area contributed by atoms with E-state index < -0.39 is 40.4 Å². The Morgan fingerprint density at radius 2 is 1.79 bits per heavy atom. The number of nitrogens with one attached hydrogen (secondary N) is 1. The van der Waals surface area contributed by atoms with Crippen LogP contribution in [0.1, 0.15) is 31.4 Å². The Morgan fingerprint density at radius 3 is 2.42 bits per heavy atom. The molecule has 1 aliphatic rings. The molecular weight excluding hydrogens is 457 g/mol. The van der Waals surface area contributed by atoms with Crippen molar-refractivity contribution in [1.29, 1.82) is 0 Å². The van der Waals surface area contributed by atoms with Crippen molar-refractivity contribution in [3.63, 3.8) is 0 Å². The Bertz CT molecular complexity index is 1060. The number of halogens is 3. The molecule has 3 atom stereocenters. The number of rotatable bonds is 6. The summed E-state index contributed by atoms with van der Waals surface area (Å²) in [6, 6.07) is 15.2. The van der Waals surface area contributed by atoms with E-state index in [4.69, 9.17) is 4.74 Å². The number of carbonyl (C=O) groups is 1. The van der Waals surface area contributed by atoms with Crippen LogP contribution in [0.4, 0.5) is 18.0 Å². The molecule has 0 spiro atoms. The van der Waals surface area contributed by atoms with E-state index in [2.05, 4.69) is 4.72 Å². The lowest BCUT2D eigenvalue weighted by Crippen LogP contribution is -2.50. The zero-order chi connectivity index (χ0) is 24.2. The smallest absolute Gasteiger partial charge is 0.410 e. The van der Waals surface area contributed by atoms with E-state index >= 15 is 0 Å². The van der Waals surface area contributed by atoms with Gasteiger partial charge in [-0.25, -0.2) is 17.9 Å². The van der Waals surface area contributed by atoms with E-state index in [0.717, 1.165) is 18.7 Å². The molecule has 2 aromatic carbocycles. The second kappa shape index (κ2) is 10.1. The van der Waals surface area contributed by atoms with Crippen molar-refractivity contribution in [3.05, 3.63) is 60.2 Å². The van der Waals surface area contributed by atoms with Crippen LogP contribution in [0, 0.1) is 5.92 Å². The van der Waals surface area contributed by atoms with E-state index in [9.17, 15) is 26.4 Å². The van der Waals surface area contributed by atoms with Crippen molar-refractivity contribution >= 4 is 16.1 Å². The van der Waals surface area contributed by atoms with E-state index in [1.165, 1.54) is 11.0 Å². The van der Waals surface area contributed by atoms with Crippen molar-refractivity contribution in [3.8, 4) is 11.1 Å². The zero-order valence-electron chi connectivity index (χ0n) is 18.4. The normalized spacial score (nSPS) is 19.1. The van der Waals surface area contributed by atoms with Crippen molar-refractivity contribution in [2.24, 2.45) is 5.92 Å². The van der Waals surface area contributed by atoms with Crippen LogP contribution < -0.4 is 4.72 Å². The fourth-order valence-corrected chi connectivity index (χ4v) is 4.68. The summed E-state index contributed by atoms with van der Waals surface area (Å²) in [6.45, 7) is 1.29. The zero-order valence-corrected chi connectivity index (χ0v) is 19.2. The van der Waals surface area contributed by atoms with Gasteiger partial charge >= 0.3 is 12.3 Å². The summed E-state index contributed by atoms with van der Waals surface area (Å²) in [5.74, 6) is -1.94. The van der Waals surface area contributed by atoms with E-state index in [1.54, 1.807) is 18.2 Å². The van der Waals surface area contributed by atoms with Gasteiger partial charge in [-0.1, -0.05) is 48.5 Å². The number of sulfonamides is 1. The summed E-state index contributed by atoms with van der Waals surface area (Å²) >= 11 is 0. The monoisotopic (exact) mass is 484 g/mol. The second-order valence-electron chi connectivity index (χ2n) is 8.30. The largest absolute Gasteiger partial charge is 0.441 e. The predicted octanol–water partition coefficient (Wildman–Crippen LogP) is 4.74. The lowest BCUT2D eigenvalue weighted by atomic mass is 9.93. The molecular formula is C23H27F3N2O4S. The van der Waals surface area contributed by atoms with Gasteiger partial charge in [-0.05, 0) is 42.5 Å². The fraction of sp³-hybridized carbons (Fsp3) is 0.435. The summed E-state index contributed by atoms with van der Waals surface area (Å²) in [4.78, 5) is 14.1. The SMILES string of the molecule is CC(C(OC(=O)N1CCCC(NS(C)(=O)=O)C1)c1cccc(-c2ccccc2)c1)C(F)(F)F. The van der Waals surface area contributed by atoms with Crippen LogP contribution >= 0.6 is 0 Å². The first-order valence-electron chi connectivity index (χ1n) is 10.6. The first kappa shape index (κ1) is 25.0. The molecule has 1 saturated heterocycles. The van der Waals surface area contributed by atoms with Gasteiger partial charge in [0.2, 0.25) is 10.0 Å². The highest BCUT2D eigenvalue weighted by atomic mass is 32.2. The van der Waals surface area contributed by atoms with Gasteiger partial charge in [-0.3, -0.25) is 0 Å². The van der Waals surface area contributed by atoms with Gasteiger partial charge in [-0.15, -0.1) is 0 Å². The van der Waals surface area contributed by atoms with E-state index in [-0.39, 0.29) is 18.7 Å². The van der Waals surface area contributed by atoms with Gasteiger partial charge < -0.3 is 9.64 Å². The number of piperidine rings is 1. The molecule has 6 nitrogen and oxygen atoms in total. The standard InChI is InChI=1S/C23H27F3N2O4S/c1-16(23(24,25)26)21(19-11-6-10-18(14-19)17-8-4-3-5-9-17)32-22(29)28-13-7-12-20(15-28)27-33(2,30)31/h3-6,8-11,14,16,20-21,27H,7,12-13,15H2,1-2H3. The minimum Gasteiger partial charge on any atom is -0.441 e. The number of nitrogens with zero attached hydrogens (tertiary/aromatic N) is 1. The Labute approximate surface area is 191 Å². The van der Waals surface area contributed by atoms with Gasteiger partial charge in [0.25, 0.3) is 0 Å². The van der Waals surface area contributed by atoms with Gasteiger partial charge in [0.05, 0.1) is 12.2 Å². The van der Waals surface area contributed by atoms with Crippen molar-refractivity contribution in [2.45, 2.75) is 38.1 Å². The van der Waals surface area contributed by atoms with Crippen molar-refractivity contribution in [1.82, 2.24) is 9.62 Å². The Balaban J connectivity index is 1.84. The molecule has 0 radical (unpaired) electrons. The van der Waals surface area contributed by atoms with Crippen LogP contribution in [-0.2, 0) is 14.8 Å². The molecule has 0 saturated carbocycles. The second-order valence-corrected chi connectivity index (χ2v) is 10.1. The average Bonchev–Trinajstić information content (AvgIpc) is 2.76. The molecule has 10 heteroatoms. The number of likely N-dealkylation sites (tertiary alicyclic amines) is 1. The average molecular weight is 485 g/mol. The minimum absolute atomic E-state index is 0.0308. The van der Waals surface area contributed by atoms with E-state index in [0.29, 0.717) is 18.4 Å². The lowest BCUT2D eigenvalue weighted by Gasteiger charge is -2.34. The first-order chi connectivity index (χ1) is 15.4. The number of carbonyl (C=O) groups excluding carboxylic acids is 1. The number of benzene rings is 2. The molecule has 0 aromatic heterocycles. The quantitative estimate of drug-likeness (QED) is 0.643. The highest BCUT2D eigenvalue weighted by Crippen LogP contribution is 2.39. The van der Waals surface area contributed by atoms with Crippen LogP contribution in [0.15, 0.2) is 54.6 Å². The van der Waals surface area contributed by atoms with Gasteiger partial charge in [-0.2, -0.15) is 13.2 Å². The van der Waals surface area contributed by atoms with Gasteiger partial charge in [0, 0.05) is 19.1 Å². The summed E-state index contributed by atoms with van der Waals surface area (Å²) in [5, 5.41) is 0. The molecule has 2 aromatic rings. The summed E-state index contributed by atoms with van der Waals surface area (Å²) < 4.78 is 71.9. The molecule has 1 fully saturated rings. The number of hydrogen-bond donors (Lipinski definition) is 1. The molecule has 3 unspecified atom stereocenters. The number of hydrogen-bond acceptors (Lipinski definition) is 4. The van der Waals surface area contributed by atoms with Crippen LogP contribution in [0.5, 0.6) is 0 Å². The molecule has 180 valence electrons. The third-order valence-electron chi connectivity index (χ3n) is 5.58. The van der Waals surface area contributed by atoms with E-state index in [1.807, 2.05) is 30.3 Å². The van der Waals surface area contributed by atoms with Crippen LogP contribution in [0.3, 0.4) is 0 Å². The fourth-order valence-electron chi connectivity index (χ4n) is 3.88.